The molecule has 0 saturated heterocycles. The van der Waals surface area contributed by atoms with Gasteiger partial charge in [0.15, 0.2) is 0 Å². The van der Waals surface area contributed by atoms with Crippen LogP contribution in [-0.4, -0.2) is 29.5 Å². The van der Waals surface area contributed by atoms with E-state index in [1.807, 2.05) is 54.6 Å². The van der Waals surface area contributed by atoms with Crippen LogP contribution in [0.2, 0.25) is 0 Å². The third-order valence-electron chi connectivity index (χ3n) is 4.79. The number of ether oxygens (including phenoxy) is 1. The minimum absolute atomic E-state index is 0.157. The van der Waals surface area contributed by atoms with Crippen LogP contribution in [-0.2, 0) is 4.79 Å². The summed E-state index contributed by atoms with van der Waals surface area (Å²) in [5, 5.41) is 4.50. The van der Waals surface area contributed by atoms with Gasteiger partial charge < -0.3 is 10.1 Å². The molecule has 4 rings (SSSR count). The van der Waals surface area contributed by atoms with E-state index in [4.69, 9.17) is 9.72 Å². The van der Waals surface area contributed by atoms with Crippen LogP contribution in [0, 0.1) is 0 Å². The van der Waals surface area contributed by atoms with Crippen molar-refractivity contribution in [2.24, 2.45) is 0 Å². The summed E-state index contributed by atoms with van der Waals surface area (Å²) in [6, 6.07) is 24.1. The Kier molecular flexibility index (Phi) is 7.47. The van der Waals surface area contributed by atoms with Crippen molar-refractivity contribution in [3.63, 3.8) is 0 Å². The van der Waals surface area contributed by atoms with Crippen LogP contribution >= 0.6 is 23.5 Å². The number of aromatic nitrogens is 1. The van der Waals surface area contributed by atoms with Crippen molar-refractivity contribution in [3.05, 3.63) is 78.9 Å². The Hall–Kier alpha value is -3.10. The standard InChI is InChI=1S/C25H20F2N2O2S2/c1-31-18-9-12-20-21(16-5-3-2-4-6-16)14-24(29-22(20)13-18)32-15-23(30)28-17-7-10-19(11-8-17)33-25(26)27/h2-14,25H,15H2,1H3,(H,28,30). The van der Waals surface area contributed by atoms with Crippen LogP contribution in [0.3, 0.4) is 0 Å². The number of nitrogens with one attached hydrogen (secondary N) is 1. The summed E-state index contributed by atoms with van der Waals surface area (Å²) in [4.78, 5) is 17.6. The van der Waals surface area contributed by atoms with Crippen molar-refractivity contribution >= 4 is 46.0 Å². The Bertz CT molecular complexity index is 1250. The number of carbonyl (C=O) groups excluding carboxylic acids is 1. The average Bonchev–Trinajstić information content (AvgIpc) is 2.83. The van der Waals surface area contributed by atoms with E-state index in [9.17, 15) is 13.6 Å². The molecule has 1 heterocycles. The first-order valence-corrected chi connectivity index (χ1v) is 11.9. The Morgan fingerprint density at radius 3 is 2.48 bits per heavy atom. The molecular weight excluding hydrogens is 462 g/mol. The van der Waals surface area contributed by atoms with Gasteiger partial charge in [-0.3, -0.25) is 4.79 Å². The maximum atomic E-state index is 12.5. The number of amides is 1. The van der Waals surface area contributed by atoms with Crippen LogP contribution in [0.5, 0.6) is 5.75 Å². The molecule has 0 radical (unpaired) electrons. The second-order valence-corrected chi connectivity index (χ2v) is 9.06. The number of nitrogens with zero attached hydrogens (tertiary/aromatic N) is 1. The third kappa shape index (κ3) is 6.03. The number of rotatable bonds is 8. The van der Waals surface area contributed by atoms with Gasteiger partial charge in [-0.2, -0.15) is 8.78 Å². The number of halogens is 2. The summed E-state index contributed by atoms with van der Waals surface area (Å²) < 4.78 is 30.2. The molecule has 0 aliphatic heterocycles. The van der Waals surface area contributed by atoms with Crippen molar-refractivity contribution < 1.29 is 18.3 Å². The summed E-state index contributed by atoms with van der Waals surface area (Å²) in [6.07, 6.45) is 0. The second-order valence-electron chi connectivity index (χ2n) is 7.00. The van der Waals surface area contributed by atoms with Crippen LogP contribution in [0.25, 0.3) is 22.0 Å². The summed E-state index contributed by atoms with van der Waals surface area (Å²) in [5.41, 5.74) is 3.42. The lowest BCUT2D eigenvalue weighted by molar-refractivity contribution is -0.113. The van der Waals surface area contributed by atoms with Crippen molar-refractivity contribution in [3.8, 4) is 16.9 Å². The van der Waals surface area contributed by atoms with Crippen molar-refractivity contribution in [1.82, 2.24) is 4.98 Å². The molecule has 1 amide bonds. The lowest BCUT2D eigenvalue weighted by atomic mass is 10.0. The number of fused-ring (bicyclic) bond motifs is 1. The molecule has 0 bridgehead atoms. The van der Waals surface area contributed by atoms with Gasteiger partial charge in [-0.25, -0.2) is 4.98 Å². The molecule has 0 aliphatic rings. The van der Waals surface area contributed by atoms with Crippen molar-refractivity contribution in [1.29, 1.82) is 0 Å². The molecule has 0 atom stereocenters. The molecule has 1 N–H and O–H groups in total. The first-order valence-electron chi connectivity index (χ1n) is 10.0. The molecule has 4 nitrogen and oxygen atoms in total. The summed E-state index contributed by atoms with van der Waals surface area (Å²) in [7, 11) is 1.61. The maximum Gasteiger partial charge on any atom is 0.288 e. The number of pyridine rings is 1. The van der Waals surface area contributed by atoms with Gasteiger partial charge in [0.25, 0.3) is 5.76 Å². The van der Waals surface area contributed by atoms with E-state index in [1.54, 1.807) is 31.4 Å². The smallest absolute Gasteiger partial charge is 0.288 e. The van der Waals surface area contributed by atoms with Gasteiger partial charge in [0.1, 0.15) is 5.75 Å². The Morgan fingerprint density at radius 1 is 1.03 bits per heavy atom. The van der Waals surface area contributed by atoms with E-state index >= 15 is 0 Å². The van der Waals surface area contributed by atoms with Crippen LogP contribution in [0.4, 0.5) is 14.5 Å². The van der Waals surface area contributed by atoms with E-state index in [0.29, 0.717) is 33.1 Å². The molecule has 0 spiro atoms. The van der Waals surface area contributed by atoms with Crippen LogP contribution in [0.1, 0.15) is 0 Å². The summed E-state index contributed by atoms with van der Waals surface area (Å²) >= 11 is 1.80. The minimum Gasteiger partial charge on any atom is -0.497 e. The lowest BCUT2D eigenvalue weighted by Crippen LogP contribution is -2.14. The van der Waals surface area contributed by atoms with E-state index in [1.165, 1.54) is 11.8 Å². The predicted octanol–water partition coefficient (Wildman–Crippen LogP) is 6.96. The van der Waals surface area contributed by atoms with Gasteiger partial charge in [0.2, 0.25) is 5.91 Å². The Balaban J connectivity index is 1.51. The molecule has 0 fully saturated rings. The first kappa shape index (κ1) is 23.1. The molecule has 4 aromatic rings. The van der Waals surface area contributed by atoms with Gasteiger partial charge >= 0.3 is 0 Å². The molecule has 3 aromatic carbocycles. The SMILES string of the molecule is COc1ccc2c(-c3ccccc3)cc(SCC(=O)Nc3ccc(SC(F)F)cc3)nc2c1. The molecule has 0 saturated carbocycles. The van der Waals surface area contributed by atoms with Gasteiger partial charge in [0, 0.05) is 22.0 Å². The third-order valence-corrected chi connectivity index (χ3v) is 6.43. The largest absolute Gasteiger partial charge is 0.497 e. The number of thioether (sulfide) groups is 2. The fraction of sp³-hybridized carbons (Fsp3) is 0.120. The highest BCUT2D eigenvalue weighted by atomic mass is 32.2. The van der Waals surface area contributed by atoms with Gasteiger partial charge in [-0.05, 0) is 53.6 Å². The molecule has 168 valence electrons. The number of hydrogen-bond donors (Lipinski definition) is 1. The Labute approximate surface area is 198 Å². The summed E-state index contributed by atoms with van der Waals surface area (Å²) in [6.45, 7) is 0. The Morgan fingerprint density at radius 2 is 1.79 bits per heavy atom. The molecule has 33 heavy (non-hydrogen) atoms. The van der Waals surface area contributed by atoms with Crippen molar-refractivity contribution in [2.45, 2.75) is 15.7 Å². The zero-order chi connectivity index (χ0) is 23.2. The van der Waals surface area contributed by atoms with Crippen molar-refractivity contribution in [2.75, 3.05) is 18.2 Å². The van der Waals surface area contributed by atoms with E-state index in [-0.39, 0.29) is 11.7 Å². The molecule has 8 heteroatoms. The van der Waals surface area contributed by atoms with Gasteiger partial charge in [-0.15, -0.1) is 0 Å². The maximum absolute atomic E-state index is 12.5. The number of alkyl halides is 2. The van der Waals surface area contributed by atoms with E-state index < -0.39 is 5.76 Å². The van der Waals surface area contributed by atoms with E-state index in [2.05, 4.69) is 5.32 Å². The molecule has 0 unspecified atom stereocenters. The molecule has 0 aliphatic carbocycles. The predicted molar refractivity (Wildman–Crippen MR) is 131 cm³/mol. The minimum atomic E-state index is -2.47. The highest BCUT2D eigenvalue weighted by Crippen LogP contribution is 2.33. The fourth-order valence-corrected chi connectivity index (χ4v) is 4.51. The molecule has 1 aromatic heterocycles. The highest BCUT2D eigenvalue weighted by molar-refractivity contribution is 8.00. The first-order chi connectivity index (χ1) is 16.0. The quantitative estimate of drug-likeness (QED) is 0.275. The fourth-order valence-electron chi connectivity index (χ4n) is 3.30. The highest BCUT2D eigenvalue weighted by Gasteiger charge is 2.12. The zero-order valence-corrected chi connectivity index (χ0v) is 19.3. The summed E-state index contributed by atoms with van der Waals surface area (Å²) in [5.74, 6) is -1.81. The van der Waals surface area contributed by atoms with E-state index in [0.717, 1.165) is 22.0 Å². The number of methoxy groups -OCH3 is 1. The lowest BCUT2D eigenvalue weighted by Gasteiger charge is -2.11. The number of benzene rings is 3. The van der Waals surface area contributed by atoms with Gasteiger partial charge in [0.05, 0.1) is 23.4 Å². The van der Waals surface area contributed by atoms with Gasteiger partial charge in [-0.1, -0.05) is 53.9 Å². The topological polar surface area (TPSA) is 51.2 Å². The second kappa shape index (κ2) is 10.7. The number of anilines is 1. The molecular formula is C25H20F2N2O2S2. The monoisotopic (exact) mass is 482 g/mol. The average molecular weight is 483 g/mol. The number of carbonyl (C=O) groups is 1. The van der Waals surface area contributed by atoms with Crippen LogP contribution < -0.4 is 10.1 Å². The zero-order valence-electron chi connectivity index (χ0n) is 17.6. The normalized spacial score (nSPS) is 11.0. The number of hydrogen-bond acceptors (Lipinski definition) is 5. The van der Waals surface area contributed by atoms with Crippen LogP contribution in [0.15, 0.2) is 88.8 Å².